The van der Waals surface area contributed by atoms with Crippen molar-refractivity contribution in [1.29, 1.82) is 0 Å². The Hall–Kier alpha value is -2.45. The maximum atomic E-state index is 14.2. The van der Waals surface area contributed by atoms with Crippen molar-refractivity contribution in [3.63, 3.8) is 0 Å². The molecular weight excluding hydrogens is 393 g/mol. The fourth-order valence-electron chi connectivity index (χ4n) is 3.70. The second kappa shape index (κ2) is 8.12. The van der Waals surface area contributed by atoms with Crippen molar-refractivity contribution in [3.8, 4) is 0 Å². The lowest BCUT2D eigenvalue weighted by Gasteiger charge is -2.35. The first-order chi connectivity index (χ1) is 13.6. The first-order valence-corrected chi connectivity index (χ1v) is 11.1. The first kappa shape index (κ1) is 21.3. The van der Waals surface area contributed by atoms with Gasteiger partial charge in [0.2, 0.25) is 10.0 Å². The lowest BCUT2D eigenvalue weighted by molar-refractivity contribution is 0.0933. The maximum Gasteiger partial charge on any atom is 0.251 e. The molecule has 0 radical (unpaired) electrons. The molecule has 1 aliphatic rings. The molecular formula is C21H26FN3O3S. The average Bonchev–Trinajstić information content (AvgIpc) is 2.65. The number of amides is 1. The van der Waals surface area contributed by atoms with Crippen LogP contribution in [-0.4, -0.2) is 33.5 Å². The number of halogens is 1. The third-order valence-electron chi connectivity index (χ3n) is 5.39. The van der Waals surface area contributed by atoms with E-state index in [2.05, 4.69) is 5.32 Å². The van der Waals surface area contributed by atoms with Gasteiger partial charge in [0.05, 0.1) is 10.6 Å². The van der Waals surface area contributed by atoms with Gasteiger partial charge in [0.1, 0.15) is 5.82 Å². The highest BCUT2D eigenvalue weighted by molar-refractivity contribution is 7.89. The van der Waals surface area contributed by atoms with Crippen molar-refractivity contribution in [2.75, 3.05) is 18.0 Å². The molecule has 1 fully saturated rings. The summed E-state index contributed by atoms with van der Waals surface area (Å²) in [5, 5.41) is 8.24. The van der Waals surface area contributed by atoms with Crippen LogP contribution in [0, 0.1) is 26.6 Å². The zero-order valence-corrected chi connectivity index (χ0v) is 17.6. The van der Waals surface area contributed by atoms with E-state index in [1.165, 1.54) is 12.1 Å². The van der Waals surface area contributed by atoms with Gasteiger partial charge in [0.25, 0.3) is 5.91 Å². The number of rotatable bonds is 4. The summed E-state index contributed by atoms with van der Waals surface area (Å²) in [4.78, 5) is 14.7. The molecule has 6 nitrogen and oxygen atoms in total. The number of sulfonamides is 1. The molecule has 2 aromatic carbocycles. The molecule has 2 aromatic rings. The third-order valence-corrected chi connectivity index (χ3v) is 6.42. The standard InChI is InChI=1S/C21H26FN3O3S/c1-13-6-7-18(22)19(9-13)25-8-4-5-17(12-25)24-21(26)16-10-14(2)15(3)20(11-16)29(23,27)28/h6-7,9-11,17H,4-5,8,12H2,1-3H3,(H,24,26)(H2,23,27,28). The highest BCUT2D eigenvalue weighted by Gasteiger charge is 2.25. The number of primary sulfonamides is 1. The van der Waals surface area contributed by atoms with Gasteiger partial charge >= 0.3 is 0 Å². The molecule has 0 aromatic heterocycles. The van der Waals surface area contributed by atoms with Crippen LogP contribution in [0.3, 0.4) is 0 Å². The SMILES string of the molecule is Cc1ccc(F)c(N2CCCC(NC(=O)c3cc(C)c(C)c(S(N)(=O)=O)c3)C2)c1. The van der Waals surface area contributed by atoms with E-state index < -0.39 is 10.0 Å². The van der Waals surface area contributed by atoms with Crippen LogP contribution >= 0.6 is 0 Å². The molecule has 1 heterocycles. The van der Waals surface area contributed by atoms with Crippen molar-refractivity contribution in [3.05, 3.63) is 58.4 Å². The number of aryl methyl sites for hydroxylation is 2. The number of carbonyl (C=O) groups is 1. The lowest BCUT2D eigenvalue weighted by Crippen LogP contribution is -2.48. The molecule has 8 heteroatoms. The molecule has 3 rings (SSSR count). The Bertz CT molecular complexity index is 1050. The second-order valence-electron chi connectivity index (χ2n) is 7.67. The van der Waals surface area contributed by atoms with E-state index in [1.54, 1.807) is 32.0 Å². The summed E-state index contributed by atoms with van der Waals surface area (Å²) in [6.45, 7) is 6.51. The minimum Gasteiger partial charge on any atom is -0.367 e. The number of benzene rings is 2. The minimum atomic E-state index is -3.93. The largest absolute Gasteiger partial charge is 0.367 e. The molecule has 0 bridgehead atoms. The molecule has 3 N–H and O–H groups in total. The van der Waals surface area contributed by atoms with Crippen LogP contribution in [0.4, 0.5) is 10.1 Å². The summed E-state index contributed by atoms with van der Waals surface area (Å²) in [7, 11) is -3.93. The maximum absolute atomic E-state index is 14.2. The topological polar surface area (TPSA) is 92.5 Å². The van der Waals surface area contributed by atoms with Gasteiger partial charge < -0.3 is 10.2 Å². The van der Waals surface area contributed by atoms with Gasteiger partial charge in [-0.1, -0.05) is 6.07 Å². The van der Waals surface area contributed by atoms with Crippen LogP contribution in [0.2, 0.25) is 0 Å². The van der Waals surface area contributed by atoms with Gasteiger partial charge in [0.15, 0.2) is 0 Å². The van der Waals surface area contributed by atoms with Gasteiger partial charge in [-0.15, -0.1) is 0 Å². The molecule has 0 spiro atoms. The monoisotopic (exact) mass is 419 g/mol. The Morgan fingerprint density at radius 2 is 1.93 bits per heavy atom. The number of nitrogens with zero attached hydrogens (tertiary/aromatic N) is 1. The van der Waals surface area contributed by atoms with Crippen LogP contribution in [0.15, 0.2) is 35.2 Å². The van der Waals surface area contributed by atoms with E-state index in [0.29, 0.717) is 29.9 Å². The zero-order chi connectivity index (χ0) is 21.3. The third kappa shape index (κ3) is 4.76. The van der Waals surface area contributed by atoms with Crippen molar-refractivity contribution in [2.24, 2.45) is 5.14 Å². The van der Waals surface area contributed by atoms with E-state index in [4.69, 9.17) is 5.14 Å². The normalized spacial score (nSPS) is 17.3. The second-order valence-corrected chi connectivity index (χ2v) is 9.20. The Morgan fingerprint density at radius 1 is 1.21 bits per heavy atom. The summed E-state index contributed by atoms with van der Waals surface area (Å²) in [6.07, 6.45) is 1.58. The molecule has 1 unspecified atom stereocenters. The van der Waals surface area contributed by atoms with E-state index >= 15 is 0 Å². The fourth-order valence-corrected chi connectivity index (χ4v) is 4.58. The zero-order valence-electron chi connectivity index (χ0n) is 16.8. The van der Waals surface area contributed by atoms with Crippen LogP contribution in [0.1, 0.15) is 39.9 Å². The van der Waals surface area contributed by atoms with Gasteiger partial charge in [-0.2, -0.15) is 0 Å². The molecule has 156 valence electrons. The molecule has 29 heavy (non-hydrogen) atoms. The van der Waals surface area contributed by atoms with Gasteiger partial charge in [-0.3, -0.25) is 4.79 Å². The molecule has 1 aliphatic heterocycles. The Balaban J connectivity index is 1.79. The van der Waals surface area contributed by atoms with Crippen LogP contribution in [0.25, 0.3) is 0 Å². The summed E-state index contributed by atoms with van der Waals surface area (Å²) in [5.41, 5.74) is 2.96. The van der Waals surface area contributed by atoms with Gasteiger partial charge in [0, 0.05) is 24.7 Å². The Morgan fingerprint density at radius 3 is 2.62 bits per heavy atom. The van der Waals surface area contributed by atoms with Crippen molar-refractivity contribution in [1.82, 2.24) is 5.32 Å². The average molecular weight is 420 g/mol. The Labute approximate surface area is 171 Å². The summed E-state index contributed by atoms with van der Waals surface area (Å²) in [5.74, 6) is -0.649. The number of hydrogen-bond donors (Lipinski definition) is 2. The first-order valence-electron chi connectivity index (χ1n) is 9.52. The predicted molar refractivity (Wildman–Crippen MR) is 111 cm³/mol. The molecule has 1 amide bonds. The molecule has 1 atom stereocenters. The minimum absolute atomic E-state index is 0.0465. The quantitative estimate of drug-likeness (QED) is 0.797. The fraction of sp³-hybridized carbons (Fsp3) is 0.381. The van der Waals surface area contributed by atoms with E-state index in [0.717, 1.165) is 18.4 Å². The van der Waals surface area contributed by atoms with Gasteiger partial charge in [-0.25, -0.2) is 17.9 Å². The summed E-state index contributed by atoms with van der Waals surface area (Å²) < 4.78 is 37.9. The molecule has 0 aliphatic carbocycles. The highest BCUT2D eigenvalue weighted by atomic mass is 32.2. The van der Waals surface area contributed by atoms with Crippen LogP contribution < -0.4 is 15.4 Å². The Kier molecular flexibility index (Phi) is 5.95. The van der Waals surface area contributed by atoms with E-state index in [1.807, 2.05) is 11.8 Å². The molecule has 0 saturated carbocycles. The van der Waals surface area contributed by atoms with E-state index in [-0.39, 0.29) is 28.2 Å². The number of carbonyl (C=O) groups excluding carboxylic acids is 1. The number of anilines is 1. The number of hydrogen-bond acceptors (Lipinski definition) is 4. The predicted octanol–water partition coefficient (Wildman–Crippen LogP) is 2.80. The number of nitrogens with two attached hydrogens (primary N) is 1. The van der Waals surface area contributed by atoms with Crippen molar-refractivity contribution in [2.45, 2.75) is 44.6 Å². The van der Waals surface area contributed by atoms with Crippen LogP contribution in [-0.2, 0) is 10.0 Å². The highest BCUT2D eigenvalue weighted by Crippen LogP contribution is 2.25. The van der Waals surface area contributed by atoms with Gasteiger partial charge in [-0.05, 0) is 74.6 Å². The number of piperidine rings is 1. The van der Waals surface area contributed by atoms with E-state index in [9.17, 15) is 17.6 Å². The summed E-state index contributed by atoms with van der Waals surface area (Å²) in [6, 6.07) is 7.78. The van der Waals surface area contributed by atoms with Crippen molar-refractivity contribution < 1.29 is 17.6 Å². The van der Waals surface area contributed by atoms with Crippen LogP contribution in [0.5, 0.6) is 0 Å². The smallest absolute Gasteiger partial charge is 0.251 e. The summed E-state index contributed by atoms with van der Waals surface area (Å²) >= 11 is 0. The molecule has 1 saturated heterocycles. The lowest BCUT2D eigenvalue weighted by atomic mass is 10.0. The number of nitrogens with one attached hydrogen (secondary N) is 1. The van der Waals surface area contributed by atoms with Crippen molar-refractivity contribution >= 4 is 21.6 Å².